The number of aryl methyl sites for hydroxylation is 1. The molecule has 5 nitrogen and oxygen atoms in total. The van der Waals surface area contributed by atoms with Crippen molar-refractivity contribution in [3.05, 3.63) is 42.0 Å². The first kappa shape index (κ1) is 15.8. The quantitative estimate of drug-likeness (QED) is 0.672. The number of carbonyl (C=O) groups is 3. The lowest BCUT2D eigenvalue weighted by Crippen LogP contribution is -2.46. The van der Waals surface area contributed by atoms with Crippen molar-refractivity contribution < 1.29 is 14.4 Å². The second kappa shape index (κ2) is 5.29. The first-order chi connectivity index (χ1) is 12.5. The molecule has 3 fully saturated rings. The van der Waals surface area contributed by atoms with Gasteiger partial charge in [-0.3, -0.25) is 19.3 Å². The highest BCUT2D eigenvalue weighted by molar-refractivity contribution is 6.10. The fourth-order valence-electron chi connectivity index (χ4n) is 5.43. The van der Waals surface area contributed by atoms with Crippen molar-refractivity contribution in [2.24, 2.45) is 35.5 Å². The van der Waals surface area contributed by atoms with E-state index in [0.29, 0.717) is 17.5 Å². The molecule has 1 heterocycles. The normalized spacial score (nSPS) is 37.4. The van der Waals surface area contributed by atoms with Crippen molar-refractivity contribution in [2.75, 3.05) is 5.32 Å². The van der Waals surface area contributed by atoms with Crippen LogP contribution in [0.4, 0.5) is 5.69 Å². The zero-order valence-corrected chi connectivity index (χ0v) is 14.9. The number of para-hydroxylation sites is 1. The molecule has 5 heteroatoms. The molecule has 0 radical (unpaired) electrons. The maximum Gasteiger partial charge on any atom is 0.247 e. The van der Waals surface area contributed by atoms with Crippen molar-refractivity contribution in [3.8, 4) is 0 Å². The second-order valence-corrected chi connectivity index (χ2v) is 8.18. The fourth-order valence-corrected chi connectivity index (χ4v) is 5.43. The van der Waals surface area contributed by atoms with Crippen LogP contribution in [0.15, 0.2) is 36.4 Å². The molecule has 0 unspecified atom stereocenters. The summed E-state index contributed by atoms with van der Waals surface area (Å²) in [6, 6.07) is 6.70. The number of likely N-dealkylation sites (tertiary alicyclic amines) is 1. The minimum absolute atomic E-state index is 0.155. The Morgan fingerprint density at radius 1 is 1.08 bits per heavy atom. The van der Waals surface area contributed by atoms with Crippen LogP contribution in [0, 0.1) is 42.4 Å². The van der Waals surface area contributed by atoms with Gasteiger partial charge < -0.3 is 5.32 Å². The van der Waals surface area contributed by atoms with E-state index in [4.69, 9.17) is 0 Å². The second-order valence-electron chi connectivity index (χ2n) is 8.18. The van der Waals surface area contributed by atoms with Gasteiger partial charge in [0.2, 0.25) is 17.7 Å². The number of amides is 3. The lowest BCUT2D eigenvalue weighted by molar-refractivity contribution is -0.146. The summed E-state index contributed by atoms with van der Waals surface area (Å²) in [5, 5.41) is 2.86. The van der Waals surface area contributed by atoms with E-state index in [1.165, 1.54) is 4.90 Å². The van der Waals surface area contributed by atoms with Crippen molar-refractivity contribution in [3.63, 3.8) is 0 Å². The molecule has 1 aromatic rings. The smallest absolute Gasteiger partial charge is 0.247 e. The topological polar surface area (TPSA) is 66.5 Å². The number of carbonyl (C=O) groups excluding carboxylic acids is 3. The Bertz CT molecular complexity index is 825. The number of hydrogen-bond donors (Lipinski definition) is 1. The van der Waals surface area contributed by atoms with Gasteiger partial charge in [-0.2, -0.15) is 0 Å². The molecule has 1 N–H and O–H groups in total. The molecular weight excluding hydrogens is 328 g/mol. The Kier molecular flexibility index (Phi) is 3.21. The average molecular weight is 350 g/mol. The van der Waals surface area contributed by atoms with Crippen molar-refractivity contribution in [1.82, 2.24) is 4.90 Å². The maximum absolute atomic E-state index is 13.1. The minimum Gasteiger partial charge on any atom is -0.324 e. The van der Waals surface area contributed by atoms with Crippen LogP contribution in [0.1, 0.15) is 18.9 Å². The van der Waals surface area contributed by atoms with Gasteiger partial charge in [-0.05, 0) is 55.6 Å². The molecule has 4 aliphatic carbocycles. The third-order valence-corrected chi connectivity index (χ3v) is 6.87. The summed E-state index contributed by atoms with van der Waals surface area (Å²) in [5.74, 6) is 0.369. The number of imide groups is 1. The third kappa shape index (κ3) is 2.00. The molecule has 0 spiro atoms. The SMILES string of the molecule is Cc1ccccc1NC(=O)[C@H](C)N1C(=O)[C@@H]2[C@H]3C=C[C@@H]([C@@H]4C[C@H]34)[C@@H]2C1=O. The molecule has 2 bridgehead atoms. The monoisotopic (exact) mass is 350 g/mol. The Morgan fingerprint density at radius 3 is 2.23 bits per heavy atom. The van der Waals surface area contributed by atoms with Crippen LogP contribution in [0.25, 0.3) is 0 Å². The van der Waals surface area contributed by atoms with E-state index in [9.17, 15) is 14.4 Å². The molecule has 5 aliphatic rings. The van der Waals surface area contributed by atoms with Gasteiger partial charge in [0.25, 0.3) is 0 Å². The predicted octanol–water partition coefficient (Wildman–Crippen LogP) is 2.38. The van der Waals surface area contributed by atoms with Gasteiger partial charge in [0.05, 0.1) is 11.8 Å². The number of nitrogens with one attached hydrogen (secondary N) is 1. The summed E-state index contributed by atoms with van der Waals surface area (Å²) in [6.45, 7) is 3.56. The molecule has 0 aromatic heterocycles. The summed E-state index contributed by atoms with van der Waals surface area (Å²) in [7, 11) is 0. The van der Waals surface area contributed by atoms with Gasteiger partial charge in [-0.15, -0.1) is 0 Å². The molecule has 1 aliphatic heterocycles. The van der Waals surface area contributed by atoms with Crippen LogP contribution in [0.5, 0.6) is 0 Å². The highest BCUT2D eigenvalue weighted by Gasteiger charge is 2.67. The average Bonchev–Trinajstić information content (AvgIpc) is 3.41. The molecule has 26 heavy (non-hydrogen) atoms. The third-order valence-electron chi connectivity index (χ3n) is 6.87. The number of anilines is 1. The predicted molar refractivity (Wildman–Crippen MR) is 95.8 cm³/mol. The van der Waals surface area contributed by atoms with Crippen molar-refractivity contribution >= 4 is 23.4 Å². The summed E-state index contributed by atoms with van der Waals surface area (Å²) >= 11 is 0. The van der Waals surface area contributed by atoms with Crippen LogP contribution >= 0.6 is 0 Å². The zero-order chi connectivity index (χ0) is 18.2. The molecule has 7 atom stereocenters. The van der Waals surface area contributed by atoms with Crippen LogP contribution in [-0.2, 0) is 14.4 Å². The lowest BCUT2D eigenvalue weighted by atomic mass is 9.63. The van der Waals surface area contributed by atoms with E-state index < -0.39 is 6.04 Å². The largest absolute Gasteiger partial charge is 0.324 e. The van der Waals surface area contributed by atoms with Gasteiger partial charge in [-0.1, -0.05) is 30.4 Å². The van der Waals surface area contributed by atoms with Gasteiger partial charge in [-0.25, -0.2) is 0 Å². The number of nitrogens with zero attached hydrogens (tertiary/aromatic N) is 1. The van der Waals surface area contributed by atoms with Gasteiger partial charge >= 0.3 is 0 Å². The van der Waals surface area contributed by atoms with E-state index in [2.05, 4.69) is 17.5 Å². The molecule has 1 saturated heterocycles. The van der Waals surface area contributed by atoms with Crippen LogP contribution < -0.4 is 5.32 Å². The van der Waals surface area contributed by atoms with E-state index in [-0.39, 0.29) is 41.4 Å². The molecule has 1 aromatic carbocycles. The van der Waals surface area contributed by atoms with Gasteiger partial charge in [0, 0.05) is 5.69 Å². The standard InChI is InChI=1S/C21H22N2O3/c1-10-5-3-4-6-16(10)22-19(24)11(2)23-20(25)17-12-7-8-13(15-9-14(12)15)18(17)21(23)26/h3-8,11-15,17-18H,9H2,1-2H3,(H,22,24)/t11-,12-,13-,14-,15+,17-,18+/m0/s1. The number of rotatable bonds is 3. The summed E-state index contributed by atoms with van der Waals surface area (Å²) in [4.78, 5) is 40.1. The Morgan fingerprint density at radius 2 is 1.65 bits per heavy atom. The summed E-state index contributed by atoms with van der Waals surface area (Å²) in [6.07, 6.45) is 5.43. The van der Waals surface area contributed by atoms with Crippen LogP contribution in [0.2, 0.25) is 0 Å². The van der Waals surface area contributed by atoms with Crippen molar-refractivity contribution in [1.29, 1.82) is 0 Å². The summed E-state index contributed by atoms with van der Waals surface area (Å²) in [5.41, 5.74) is 1.66. The minimum atomic E-state index is -0.795. The molecule has 2 saturated carbocycles. The first-order valence-corrected chi connectivity index (χ1v) is 9.41. The van der Waals surface area contributed by atoms with Crippen molar-refractivity contribution in [2.45, 2.75) is 26.3 Å². The molecule has 3 amide bonds. The van der Waals surface area contributed by atoms with E-state index in [0.717, 1.165) is 12.0 Å². The van der Waals surface area contributed by atoms with Gasteiger partial charge in [0.15, 0.2) is 0 Å². The first-order valence-electron chi connectivity index (χ1n) is 9.41. The molecule has 6 rings (SSSR count). The Labute approximate surface area is 152 Å². The zero-order valence-electron chi connectivity index (χ0n) is 14.9. The van der Waals surface area contributed by atoms with Gasteiger partial charge in [0.1, 0.15) is 6.04 Å². The van der Waals surface area contributed by atoms with Crippen LogP contribution in [-0.4, -0.2) is 28.7 Å². The Hall–Kier alpha value is -2.43. The summed E-state index contributed by atoms with van der Waals surface area (Å²) < 4.78 is 0. The van der Waals surface area contributed by atoms with E-state index in [1.54, 1.807) is 6.92 Å². The molecular formula is C21H22N2O3. The number of hydrogen-bond acceptors (Lipinski definition) is 3. The van der Waals surface area contributed by atoms with Crippen LogP contribution in [0.3, 0.4) is 0 Å². The molecule has 134 valence electrons. The van der Waals surface area contributed by atoms with E-state index >= 15 is 0 Å². The highest BCUT2D eigenvalue weighted by atomic mass is 16.2. The Balaban J connectivity index is 1.39. The van der Waals surface area contributed by atoms with E-state index in [1.807, 2.05) is 31.2 Å². The maximum atomic E-state index is 13.1. The fraction of sp³-hybridized carbons (Fsp3) is 0.476. The number of benzene rings is 1. The lowest BCUT2D eigenvalue weighted by Gasteiger charge is -2.37. The highest BCUT2D eigenvalue weighted by Crippen LogP contribution is 2.65. The number of allylic oxidation sites excluding steroid dienone is 2.